The zero-order valence-corrected chi connectivity index (χ0v) is 12.6. The molecule has 0 aromatic rings. The molecule has 0 spiro atoms. The van der Waals surface area contributed by atoms with E-state index in [4.69, 9.17) is 4.74 Å². The van der Waals surface area contributed by atoms with Crippen molar-refractivity contribution in [1.29, 1.82) is 0 Å². The van der Waals surface area contributed by atoms with E-state index in [1.807, 2.05) is 9.80 Å². The van der Waals surface area contributed by atoms with Crippen LogP contribution >= 0.6 is 0 Å². The van der Waals surface area contributed by atoms with Crippen LogP contribution in [0.4, 0.5) is 0 Å². The predicted octanol–water partition coefficient (Wildman–Crippen LogP) is 0.955. The Kier molecular flexibility index (Phi) is 6.45. The average molecular weight is 298 g/mol. The first-order valence-corrected chi connectivity index (χ1v) is 8.01. The number of aliphatic carboxylic acids is 1. The Morgan fingerprint density at radius 2 is 1.86 bits per heavy atom. The summed E-state index contributed by atoms with van der Waals surface area (Å²) in [7, 11) is 0. The molecule has 1 amide bonds. The SMILES string of the molecule is O=C(O)C1CCCCCN1CCCC(=O)N1CCOCC1. The highest BCUT2D eigenvalue weighted by molar-refractivity contribution is 5.76. The molecule has 0 aromatic carbocycles. The van der Waals surface area contributed by atoms with Gasteiger partial charge in [0.15, 0.2) is 0 Å². The third kappa shape index (κ3) is 4.97. The van der Waals surface area contributed by atoms with E-state index < -0.39 is 5.97 Å². The Labute approximate surface area is 126 Å². The van der Waals surface area contributed by atoms with Gasteiger partial charge in [0.05, 0.1) is 13.2 Å². The fourth-order valence-corrected chi connectivity index (χ4v) is 3.12. The number of carboxylic acids is 1. The van der Waals surface area contributed by atoms with Crippen molar-refractivity contribution in [2.24, 2.45) is 0 Å². The minimum atomic E-state index is -0.726. The van der Waals surface area contributed by atoms with Crippen molar-refractivity contribution in [1.82, 2.24) is 9.80 Å². The summed E-state index contributed by atoms with van der Waals surface area (Å²) in [5, 5.41) is 9.32. The van der Waals surface area contributed by atoms with Gasteiger partial charge in [-0.3, -0.25) is 14.5 Å². The highest BCUT2D eigenvalue weighted by Gasteiger charge is 2.27. The maximum absolute atomic E-state index is 12.1. The molecule has 6 heteroatoms. The second-order valence-electron chi connectivity index (χ2n) is 5.84. The molecule has 1 N–H and O–H groups in total. The smallest absolute Gasteiger partial charge is 0.320 e. The summed E-state index contributed by atoms with van der Waals surface area (Å²) in [6.07, 6.45) is 5.11. The lowest BCUT2D eigenvalue weighted by molar-refractivity contribution is -0.143. The monoisotopic (exact) mass is 298 g/mol. The van der Waals surface area contributed by atoms with Crippen molar-refractivity contribution in [2.45, 2.75) is 44.6 Å². The molecule has 6 nitrogen and oxygen atoms in total. The van der Waals surface area contributed by atoms with Crippen molar-refractivity contribution in [3.63, 3.8) is 0 Å². The zero-order valence-electron chi connectivity index (χ0n) is 12.6. The highest BCUT2D eigenvalue weighted by Crippen LogP contribution is 2.17. The van der Waals surface area contributed by atoms with Crippen LogP contribution in [0.2, 0.25) is 0 Å². The molecule has 0 radical (unpaired) electrons. The summed E-state index contributed by atoms with van der Waals surface area (Å²) < 4.78 is 5.24. The standard InChI is InChI=1S/C15H26N2O4/c18-14(17-9-11-21-12-10-17)6-4-8-16-7-3-1-2-5-13(16)15(19)20/h13H,1-12H2,(H,19,20). The van der Waals surface area contributed by atoms with E-state index in [0.29, 0.717) is 39.3 Å². The van der Waals surface area contributed by atoms with Crippen molar-refractivity contribution in [3.05, 3.63) is 0 Å². The maximum Gasteiger partial charge on any atom is 0.320 e. The average Bonchev–Trinajstić information content (AvgIpc) is 2.73. The first-order chi connectivity index (χ1) is 10.2. The Bertz CT molecular complexity index is 356. The van der Waals surface area contributed by atoms with Crippen LogP contribution in [0.5, 0.6) is 0 Å². The Morgan fingerprint density at radius 1 is 1.10 bits per heavy atom. The summed E-state index contributed by atoms with van der Waals surface area (Å²) >= 11 is 0. The van der Waals surface area contributed by atoms with Gasteiger partial charge in [-0.05, 0) is 32.4 Å². The van der Waals surface area contributed by atoms with Crippen LogP contribution in [-0.4, -0.2) is 72.2 Å². The number of hydrogen-bond acceptors (Lipinski definition) is 4. The van der Waals surface area contributed by atoms with Crippen LogP contribution in [0.25, 0.3) is 0 Å². The molecule has 2 saturated heterocycles. The number of carboxylic acid groups (broad SMARTS) is 1. The van der Waals surface area contributed by atoms with Gasteiger partial charge < -0.3 is 14.7 Å². The number of rotatable bonds is 5. The number of carbonyl (C=O) groups excluding carboxylic acids is 1. The molecule has 1 unspecified atom stereocenters. The number of ether oxygens (including phenoxy) is 1. The van der Waals surface area contributed by atoms with Crippen LogP contribution in [0, 0.1) is 0 Å². The van der Waals surface area contributed by atoms with E-state index in [1.54, 1.807) is 0 Å². The van der Waals surface area contributed by atoms with Gasteiger partial charge in [0.25, 0.3) is 0 Å². The number of morpholine rings is 1. The summed E-state index contributed by atoms with van der Waals surface area (Å²) in [5.41, 5.74) is 0. The van der Waals surface area contributed by atoms with Crippen LogP contribution in [-0.2, 0) is 14.3 Å². The first kappa shape index (κ1) is 16.2. The van der Waals surface area contributed by atoms with Crippen LogP contribution in [0.3, 0.4) is 0 Å². The molecule has 2 aliphatic heterocycles. The summed E-state index contributed by atoms with van der Waals surface area (Å²) in [5.74, 6) is -0.559. The minimum Gasteiger partial charge on any atom is -0.480 e. The first-order valence-electron chi connectivity index (χ1n) is 8.01. The van der Waals surface area contributed by atoms with Gasteiger partial charge in [0.2, 0.25) is 5.91 Å². The Hall–Kier alpha value is -1.14. The lowest BCUT2D eigenvalue weighted by atomic mass is 10.1. The molecule has 0 aliphatic carbocycles. The molecule has 2 rings (SSSR count). The fraction of sp³-hybridized carbons (Fsp3) is 0.867. The fourth-order valence-electron chi connectivity index (χ4n) is 3.12. The normalized spacial score (nSPS) is 24.6. The molecule has 0 bridgehead atoms. The number of carbonyl (C=O) groups is 2. The van der Waals surface area contributed by atoms with E-state index in [-0.39, 0.29) is 11.9 Å². The second-order valence-corrected chi connectivity index (χ2v) is 5.84. The topological polar surface area (TPSA) is 70.1 Å². The molecular formula is C15H26N2O4. The van der Waals surface area contributed by atoms with Gasteiger partial charge in [-0.25, -0.2) is 0 Å². The van der Waals surface area contributed by atoms with Gasteiger partial charge in [-0.15, -0.1) is 0 Å². The lowest BCUT2D eigenvalue weighted by Crippen LogP contribution is -2.43. The molecule has 0 saturated carbocycles. The van der Waals surface area contributed by atoms with Crippen molar-refractivity contribution in [2.75, 3.05) is 39.4 Å². The van der Waals surface area contributed by atoms with Crippen LogP contribution in [0.1, 0.15) is 38.5 Å². The van der Waals surface area contributed by atoms with Crippen LogP contribution < -0.4 is 0 Å². The predicted molar refractivity (Wildman–Crippen MR) is 78.1 cm³/mol. The molecule has 0 aromatic heterocycles. The van der Waals surface area contributed by atoms with Crippen molar-refractivity contribution < 1.29 is 19.4 Å². The third-order valence-corrected chi connectivity index (χ3v) is 4.35. The van der Waals surface area contributed by atoms with Crippen molar-refractivity contribution >= 4 is 11.9 Å². The highest BCUT2D eigenvalue weighted by atomic mass is 16.5. The van der Waals surface area contributed by atoms with E-state index in [2.05, 4.69) is 0 Å². The molecule has 120 valence electrons. The number of amides is 1. The van der Waals surface area contributed by atoms with E-state index >= 15 is 0 Å². The molecular weight excluding hydrogens is 272 g/mol. The second kappa shape index (κ2) is 8.34. The molecule has 2 heterocycles. The van der Waals surface area contributed by atoms with E-state index in [0.717, 1.165) is 38.6 Å². The van der Waals surface area contributed by atoms with Gasteiger partial charge in [-0.1, -0.05) is 12.8 Å². The summed E-state index contributed by atoms with van der Waals surface area (Å²) in [6.45, 7) is 4.15. The maximum atomic E-state index is 12.1. The number of nitrogens with zero attached hydrogens (tertiary/aromatic N) is 2. The minimum absolute atomic E-state index is 0.167. The van der Waals surface area contributed by atoms with Gasteiger partial charge in [0.1, 0.15) is 6.04 Å². The van der Waals surface area contributed by atoms with Crippen molar-refractivity contribution in [3.8, 4) is 0 Å². The Balaban J connectivity index is 1.74. The van der Waals surface area contributed by atoms with Crippen LogP contribution in [0.15, 0.2) is 0 Å². The summed E-state index contributed by atoms with van der Waals surface area (Å²) in [6, 6.07) is -0.369. The molecule has 21 heavy (non-hydrogen) atoms. The Morgan fingerprint density at radius 3 is 2.57 bits per heavy atom. The molecule has 2 aliphatic rings. The molecule has 1 atom stereocenters. The van der Waals surface area contributed by atoms with Gasteiger partial charge >= 0.3 is 5.97 Å². The summed E-state index contributed by atoms with van der Waals surface area (Å²) in [4.78, 5) is 27.3. The van der Waals surface area contributed by atoms with Gasteiger partial charge in [0, 0.05) is 19.5 Å². The lowest BCUT2D eigenvalue weighted by Gasteiger charge is -2.28. The third-order valence-electron chi connectivity index (χ3n) is 4.35. The number of hydrogen-bond donors (Lipinski definition) is 1. The van der Waals surface area contributed by atoms with E-state index in [1.165, 1.54) is 0 Å². The zero-order chi connectivity index (χ0) is 15.1. The van der Waals surface area contributed by atoms with E-state index in [9.17, 15) is 14.7 Å². The quantitative estimate of drug-likeness (QED) is 0.818. The number of likely N-dealkylation sites (tertiary alicyclic amines) is 1. The largest absolute Gasteiger partial charge is 0.480 e. The molecule has 2 fully saturated rings. The van der Waals surface area contributed by atoms with Gasteiger partial charge in [-0.2, -0.15) is 0 Å².